The van der Waals surface area contributed by atoms with Crippen molar-refractivity contribution in [3.05, 3.63) is 0 Å². The van der Waals surface area contributed by atoms with Crippen molar-refractivity contribution >= 4 is 12.1 Å². The van der Waals surface area contributed by atoms with Crippen molar-refractivity contribution in [1.29, 1.82) is 0 Å². The molecule has 0 radical (unpaired) electrons. The van der Waals surface area contributed by atoms with Crippen LogP contribution < -0.4 is 5.32 Å². The average molecular weight is 329 g/mol. The van der Waals surface area contributed by atoms with Gasteiger partial charge in [0.2, 0.25) is 0 Å². The third-order valence-corrected chi connectivity index (χ3v) is 3.55. The Morgan fingerprint density at radius 1 is 0.913 bits per heavy atom. The smallest absolute Gasteiger partial charge is 0.407 e. The average Bonchev–Trinajstić information content (AvgIpc) is 2.49. The number of esters is 1. The van der Waals surface area contributed by atoms with Crippen molar-refractivity contribution in [2.45, 2.75) is 85.1 Å². The predicted octanol–water partition coefficient (Wildman–Crippen LogP) is 4.44. The molecule has 0 aromatic rings. The highest BCUT2D eigenvalue weighted by Gasteiger charge is 2.23. The molecular formula is C18H35NO4. The number of ether oxygens (including phenoxy) is 2. The van der Waals surface area contributed by atoms with Crippen LogP contribution in [0.3, 0.4) is 0 Å². The zero-order valence-electron chi connectivity index (χ0n) is 15.4. The van der Waals surface area contributed by atoms with Crippen molar-refractivity contribution in [2.24, 2.45) is 5.92 Å². The van der Waals surface area contributed by atoms with Gasteiger partial charge in [0.15, 0.2) is 0 Å². The van der Waals surface area contributed by atoms with E-state index in [2.05, 4.69) is 12.2 Å². The van der Waals surface area contributed by atoms with Gasteiger partial charge < -0.3 is 14.8 Å². The number of hydrogen-bond donors (Lipinski definition) is 1. The lowest BCUT2D eigenvalue weighted by Crippen LogP contribution is -2.43. The van der Waals surface area contributed by atoms with Crippen molar-refractivity contribution in [2.75, 3.05) is 13.2 Å². The summed E-state index contributed by atoms with van der Waals surface area (Å²) in [6, 6.07) is -0.626. The Hall–Kier alpha value is -1.26. The Morgan fingerprint density at radius 2 is 1.52 bits per heavy atom. The second kappa shape index (κ2) is 14.3. The normalized spacial score (nSPS) is 12.0. The lowest BCUT2D eigenvalue weighted by atomic mass is 10.0. The summed E-state index contributed by atoms with van der Waals surface area (Å²) in [5.74, 6) is -0.0780. The van der Waals surface area contributed by atoms with E-state index in [4.69, 9.17) is 9.47 Å². The summed E-state index contributed by atoms with van der Waals surface area (Å²) in [7, 11) is 0. The number of amides is 1. The Kier molecular flexibility index (Phi) is 13.6. The van der Waals surface area contributed by atoms with Crippen LogP contribution in [0.5, 0.6) is 0 Å². The molecule has 1 atom stereocenters. The summed E-state index contributed by atoms with van der Waals surface area (Å²) in [5, 5.41) is 2.59. The molecule has 0 aliphatic carbocycles. The highest BCUT2D eigenvalue weighted by atomic mass is 16.6. The lowest BCUT2D eigenvalue weighted by molar-refractivity contribution is -0.146. The molecule has 0 unspecified atom stereocenters. The zero-order chi connectivity index (χ0) is 17.5. The molecule has 5 heteroatoms. The number of hydrogen-bond acceptors (Lipinski definition) is 4. The fraction of sp³-hybridized carbons (Fsp3) is 0.889. The van der Waals surface area contributed by atoms with Gasteiger partial charge >= 0.3 is 12.1 Å². The van der Waals surface area contributed by atoms with E-state index in [0.29, 0.717) is 13.0 Å². The van der Waals surface area contributed by atoms with E-state index >= 15 is 0 Å². The minimum Gasteiger partial charge on any atom is -0.464 e. The van der Waals surface area contributed by atoms with Crippen LogP contribution in [-0.2, 0) is 14.3 Å². The van der Waals surface area contributed by atoms with Gasteiger partial charge in [-0.05, 0) is 25.7 Å². The second-order valence-corrected chi connectivity index (χ2v) is 6.34. The van der Waals surface area contributed by atoms with Gasteiger partial charge in [0.05, 0.1) is 13.2 Å². The fourth-order valence-electron chi connectivity index (χ4n) is 2.33. The molecule has 0 aromatic heterocycles. The Balaban J connectivity index is 3.96. The molecule has 0 heterocycles. The number of unbranched alkanes of at least 4 members (excludes halogenated alkanes) is 6. The van der Waals surface area contributed by atoms with Crippen molar-refractivity contribution in [3.8, 4) is 0 Å². The lowest BCUT2D eigenvalue weighted by Gasteiger charge is -2.19. The Morgan fingerprint density at radius 3 is 2.09 bits per heavy atom. The molecule has 0 saturated heterocycles. The zero-order valence-corrected chi connectivity index (χ0v) is 15.4. The SMILES string of the molecule is CCCCCCCCCOC(=O)[C@H](CC(C)C)NC(=O)OCC. The predicted molar refractivity (Wildman–Crippen MR) is 92.4 cm³/mol. The van der Waals surface area contributed by atoms with Gasteiger partial charge in [-0.25, -0.2) is 9.59 Å². The number of rotatable bonds is 13. The summed E-state index contributed by atoms with van der Waals surface area (Å²) in [5.41, 5.74) is 0. The Labute approximate surface area is 141 Å². The fourth-order valence-corrected chi connectivity index (χ4v) is 2.33. The molecule has 0 bridgehead atoms. The largest absolute Gasteiger partial charge is 0.464 e. The summed E-state index contributed by atoms with van der Waals surface area (Å²) >= 11 is 0. The molecule has 0 aliphatic heterocycles. The molecule has 136 valence electrons. The van der Waals surface area contributed by atoms with Crippen LogP contribution in [-0.4, -0.2) is 31.3 Å². The topological polar surface area (TPSA) is 64.6 Å². The highest BCUT2D eigenvalue weighted by Crippen LogP contribution is 2.09. The molecule has 0 spiro atoms. The quantitative estimate of drug-likeness (QED) is 0.401. The van der Waals surface area contributed by atoms with E-state index in [9.17, 15) is 9.59 Å². The molecule has 1 N–H and O–H groups in total. The first kappa shape index (κ1) is 21.7. The van der Waals surface area contributed by atoms with Crippen LogP contribution >= 0.6 is 0 Å². The van der Waals surface area contributed by atoms with E-state index in [1.807, 2.05) is 13.8 Å². The molecule has 0 aliphatic rings. The second-order valence-electron chi connectivity index (χ2n) is 6.34. The van der Waals surface area contributed by atoms with E-state index < -0.39 is 12.1 Å². The van der Waals surface area contributed by atoms with Crippen molar-refractivity contribution < 1.29 is 19.1 Å². The first-order valence-electron chi connectivity index (χ1n) is 9.11. The standard InChI is InChI=1S/C18H35NO4/c1-5-7-8-9-10-11-12-13-23-17(20)16(14-15(3)4)19-18(21)22-6-2/h15-16H,5-14H2,1-4H3,(H,19,21)/t16-/m0/s1. The van der Waals surface area contributed by atoms with Gasteiger partial charge in [-0.3, -0.25) is 0 Å². The first-order chi connectivity index (χ1) is 11.0. The summed E-state index contributed by atoms with van der Waals surface area (Å²) in [6.45, 7) is 8.65. The molecule has 23 heavy (non-hydrogen) atoms. The summed E-state index contributed by atoms with van der Waals surface area (Å²) < 4.78 is 10.1. The molecule has 0 saturated carbocycles. The first-order valence-corrected chi connectivity index (χ1v) is 9.11. The molecule has 0 rings (SSSR count). The van der Waals surface area contributed by atoms with Crippen LogP contribution in [0, 0.1) is 5.92 Å². The monoisotopic (exact) mass is 329 g/mol. The van der Waals surface area contributed by atoms with Gasteiger partial charge in [-0.2, -0.15) is 0 Å². The molecular weight excluding hydrogens is 294 g/mol. The highest BCUT2D eigenvalue weighted by molar-refractivity contribution is 5.81. The molecule has 5 nitrogen and oxygen atoms in total. The third-order valence-electron chi connectivity index (χ3n) is 3.55. The molecule has 0 aromatic carbocycles. The van der Waals surface area contributed by atoms with Crippen LogP contribution in [0.1, 0.15) is 79.1 Å². The molecule has 1 amide bonds. The number of carbonyl (C=O) groups excluding carboxylic acids is 2. The van der Waals surface area contributed by atoms with Gasteiger partial charge in [-0.1, -0.05) is 59.3 Å². The van der Waals surface area contributed by atoms with Crippen LogP contribution in [0.2, 0.25) is 0 Å². The van der Waals surface area contributed by atoms with E-state index in [1.54, 1.807) is 6.92 Å². The van der Waals surface area contributed by atoms with Crippen molar-refractivity contribution in [1.82, 2.24) is 5.32 Å². The number of nitrogens with one attached hydrogen (secondary N) is 1. The third kappa shape index (κ3) is 12.9. The minimum absolute atomic E-state index is 0.285. The minimum atomic E-state index is -0.626. The van der Waals surface area contributed by atoms with E-state index in [0.717, 1.165) is 12.8 Å². The van der Waals surface area contributed by atoms with Crippen LogP contribution in [0.25, 0.3) is 0 Å². The van der Waals surface area contributed by atoms with Gasteiger partial charge in [0.1, 0.15) is 6.04 Å². The Bertz CT molecular complexity index is 318. The van der Waals surface area contributed by atoms with Gasteiger partial charge in [0.25, 0.3) is 0 Å². The van der Waals surface area contributed by atoms with Crippen molar-refractivity contribution in [3.63, 3.8) is 0 Å². The number of carbonyl (C=O) groups is 2. The van der Waals surface area contributed by atoms with Gasteiger partial charge in [-0.15, -0.1) is 0 Å². The summed E-state index contributed by atoms with van der Waals surface area (Å²) in [6.07, 6.45) is 8.23. The van der Waals surface area contributed by atoms with Crippen LogP contribution in [0.15, 0.2) is 0 Å². The summed E-state index contributed by atoms with van der Waals surface area (Å²) in [4.78, 5) is 23.6. The maximum atomic E-state index is 12.1. The maximum absolute atomic E-state index is 12.1. The van der Waals surface area contributed by atoms with E-state index in [1.165, 1.54) is 32.1 Å². The van der Waals surface area contributed by atoms with Gasteiger partial charge in [0, 0.05) is 0 Å². The number of alkyl carbamates (subject to hydrolysis) is 1. The maximum Gasteiger partial charge on any atom is 0.407 e. The van der Waals surface area contributed by atoms with Crippen LogP contribution in [0.4, 0.5) is 4.79 Å². The molecule has 0 fully saturated rings. The van der Waals surface area contributed by atoms with E-state index in [-0.39, 0.29) is 18.5 Å².